The van der Waals surface area contributed by atoms with E-state index in [9.17, 15) is 0 Å². The van der Waals surface area contributed by atoms with Gasteiger partial charge in [0.1, 0.15) is 0 Å². The molecule has 0 unspecified atom stereocenters. The predicted octanol–water partition coefficient (Wildman–Crippen LogP) is 10.00. The van der Waals surface area contributed by atoms with Gasteiger partial charge in [0.05, 0.1) is 0 Å². The summed E-state index contributed by atoms with van der Waals surface area (Å²) >= 11 is 0. The monoisotopic (exact) mass is 551 g/mol. The zero-order valence-electron chi connectivity index (χ0n) is 24.1. The molecule has 8 rings (SSSR count). The van der Waals surface area contributed by atoms with Gasteiger partial charge in [-0.15, -0.1) is 0 Å². The summed E-state index contributed by atoms with van der Waals surface area (Å²) in [5.74, 6) is 2.02. The molecule has 3 heteroatoms. The number of fused-ring (bicyclic) bond motifs is 5. The van der Waals surface area contributed by atoms with Gasteiger partial charge in [-0.2, -0.15) is 0 Å². The maximum absolute atomic E-state index is 5.18. The first-order valence-corrected chi connectivity index (χ1v) is 14.7. The van der Waals surface area contributed by atoms with Crippen LogP contribution in [0.1, 0.15) is 25.0 Å². The van der Waals surface area contributed by atoms with Crippen molar-refractivity contribution in [1.29, 1.82) is 0 Å². The lowest BCUT2D eigenvalue weighted by Crippen LogP contribution is -2.15. The molecule has 0 spiro atoms. The fourth-order valence-corrected chi connectivity index (χ4v) is 6.71. The van der Waals surface area contributed by atoms with Crippen LogP contribution in [0.3, 0.4) is 0 Å². The number of benzene rings is 6. The highest BCUT2D eigenvalue weighted by atomic mass is 15.0. The van der Waals surface area contributed by atoms with Crippen LogP contribution in [0.5, 0.6) is 0 Å². The normalized spacial score (nSPS) is 13.1. The molecular formula is C40H29N3. The largest absolute Gasteiger partial charge is 0.208 e. The predicted molar refractivity (Wildman–Crippen MR) is 177 cm³/mol. The minimum Gasteiger partial charge on any atom is -0.208 e. The van der Waals surface area contributed by atoms with Gasteiger partial charge < -0.3 is 0 Å². The van der Waals surface area contributed by atoms with Crippen LogP contribution in [0.2, 0.25) is 0 Å². The highest BCUT2D eigenvalue weighted by Crippen LogP contribution is 2.55. The van der Waals surface area contributed by atoms with Crippen molar-refractivity contribution in [3.63, 3.8) is 0 Å². The molecule has 0 aliphatic heterocycles. The van der Waals surface area contributed by atoms with E-state index >= 15 is 0 Å². The fourth-order valence-electron chi connectivity index (χ4n) is 6.71. The second-order valence-corrected chi connectivity index (χ2v) is 11.6. The highest BCUT2D eigenvalue weighted by molar-refractivity contribution is 6.08. The van der Waals surface area contributed by atoms with Crippen LogP contribution in [-0.4, -0.2) is 15.0 Å². The lowest BCUT2D eigenvalue weighted by Gasteiger charge is -2.24. The third kappa shape index (κ3) is 4.08. The maximum Gasteiger partial charge on any atom is 0.164 e. The second kappa shape index (κ2) is 9.85. The summed E-state index contributed by atoms with van der Waals surface area (Å²) < 4.78 is 0. The number of aromatic nitrogens is 3. The third-order valence-electron chi connectivity index (χ3n) is 8.70. The summed E-state index contributed by atoms with van der Waals surface area (Å²) in [6.07, 6.45) is 0. The SMILES string of the molecule is CC1(C)c2ccccc2-c2c(-c3nc(-c4ccccc4)nc(-c4ccccc4)n3)cc3c(-c4ccccc4)cccc3c21. The van der Waals surface area contributed by atoms with E-state index < -0.39 is 0 Å². The van der Waals surface area contributed by atoms with E-state index in [0.29, 0.717) is 17.5 Å². The van der Waals surface area contributed by atoms with E-state index in [2.05, 4.69) is 117 Å². The molecule has 1 aromatic heterocycles. The van der Waals surface area contributed by atoms with Crippen molar-refractivity contribution in [3.8, 4) is 56.4 Å². The van der Waals surface area contributed by atoms with Crippen molar-refractivity contribution in [2.45, 2.75) is 19.3 Å². The molecule has 0 fully saturated rings. The maximum atomic E-state index is 5.18. The van der Waals surface area contributed by atoms with Gasteiger partial charge in [-0.05, 0) is 50.2 Å². The van der Waals surface area contributed by atoms with Gasteiger partial charge in [0.25, 0.3) is 0 Å². The van der Waals surface area contributed by atoms with Gasteiger partial charge in [0, 0.05) is 22.1 Å². The summed E-state index contributed by atoms with van der Waals surface area (Å²) in [5.41, 5.74) is 10.2. The van der Waals surface area contributed by atoms with Crippen molar-refractivity contribution in [2.24, 2.45) is 0 Å². The van der Waals surface area contributed by atoms with E-state index in [1.54, 1.807) is 0 Å². The van der Waals surface area contributed by atoms with Crippen LogP contribution < -0.4 is 0 Å². The number of rotatable bonds is 4. The van der Waals surface area contributed by atoms with Gasteiger partial charge in [-0.3, -0.25) is 0 Å². The number of nitrogens with zero attached hydrogens (tertiary/aromatic N) is 3. The van der Waals surface area contributed by atoms with Crippen LogP contribution in [0.15, 0.2) is 140 Å². The minimum atomic E-state index is -0.201. The van der Waals surface area contributed by atoms with E-state index in [-0.39, 0.29) is 5.41 Å². The Morgan fingerprint density at radius 3 is 1.56 bits per heavy atom. The molecule has 3 nitrogen and oxygen atoms in total. The molecule has 0 saturated heterocycles. The van der Waals surface area contributed by atoms with Crippen LogP contribution >= 0.6 is 0 Å². The zero-order chi connectivity index (χ0) is 29.0. The van der Waals surface area contributed by atoms with Crippen LogP contribution in [0, 0.1) is 0 Å². The molecule has 0 atom stereocenters. The Morgan fingerprint density at radius 2 is 0.930 bits per heavy atom. The summed E-state index contributed by atoms with van der Waals surface area (Å²) in [6.45, 7) is 4.68. The Labute approximate surface area is 251 Å². The molecule has 0 N–H and O–H groups in total. The number of hydrogen-bond acceptors (Lipinski definition) is 3. The van der Waals surface area contributed by atoms with Crippen molar-refractivity contribution < 1.29 is 0 Å². The van der Waals surface area contributed by atoms with Crippen LogP contribution in [0.4, 0.5) is 0 Å². The molecule has 6 aromatic carbocycles. The molecule has 1 aliphatic carbocycles. The summed E-state index contributed by atoms with van der Waals surface area (Å²) in [4.78, 5) is 15.3. The first-order valence-electron chi connectivity index (χ1n) is 14.7. The molecular weight excluding hydrogens is 522 g/mol. The van der Waals surface area contributed by atoms with E-state index in [4.69, 9.17) is 15.0 Å². The fraction of sp³-hybridized carbons (Fsp3) is 0.0750. The second-order valence-electron chi connectivity index (χ2n) is 11.6. The minimum absolute atomic E-state index is 0.201. The molecule has 0 saturated carbocycles. The molecule has 1 heterocycles. The average molecular weight is 552 g/mol. The van der Waals surface area contributed by atoms with Crippen molar-refractivity contribution in [2.75, 3.05) is 0 Å². The lowest BCUT2D eigenvalue weighted by atomic mass is 9.79. The molecule has 0 amide bonds. The summed E-state index contributed by atoms with van der Waals surface area (Å²) in [7, 11) is 0. The first-order chi connectivity index (χ1) is 21.1. The third-order valence-corrected chi connectivity index (χ3v) is 8.70. The molecule has 0 radical (unpaired) electrons. The van der Waals surface area contributed by atoms with Gasteiger partial charge in [-0.25, -0.2) is 15.0 Å². The smallest absolute Gasteiger partial charge is 0.164 e. The Bertz CT molecular complexity index is 2080. The molecule has 43 heavy (non-hydrogen) atoms. The van der Waals surface area contributed by atoms with E-state index in [1.807, 2.05) is 36.4 Å². The zero-order valence-corrected chi connectivity index (χ0v) is 24.1. The molecule has 7 aromatic rings. The highest BCUT2D eigenvalue weighted by Gasteiger charge is 2.39. The Kier molecular flexibility index (Phi) is 5.80. The Morgan fingerprint density at radius 1 is 0.419 bits per heavy atom. The standard InChI is InChI=1S/C40H29N3/c1-40(2)34-24-13-12-21-31(34)35-33(25-32-29(26-15-6-3-7-16-26)22-14-23-30(32)36(35)40)39-42-37(27-17-8-4-9-18-27)41-38(43-39)28-19-10-5-11-20-28/h3-25H,1-2H3. The van der Waals surface area contributed by atoms with Gasteiger partial charge in [-0.1, -0.05) is 147 Å². The quantitative estimate of drug-likeness (QED) is 0.218. The summed E-state index contributed by atoms with van der Waals surface area (Å²) in [6, 6.07) is 48.8. The summed E-state index contributed by atoms with van der Waals surface area (Å²) in [5, 5.41) is 2.47. The first kappa shape index (κ1) is 25.3. The number of hydrogen-bond donors (Lipinski definition) is 0. The van der Waals surface area contributed by atoms with Gasteiger partial charge in [0.15, 0.2) is 17.5 Å². The molecule has 1 aliphatic rings. The molecule has 0 bridgehead atoms. The van der Waals surface area contributed by atoms with Crippen molar-refractivity contribution in [3.05, 3.63) is 151 Å². The molecule has 204 valence electrons. The average Bonchev–Trinajstić information content (AvgIpc) is 3.32. The van der Waals surface area contributed by atoms with Crippen molar-refractivity contribution in [1.82, 2.24) is 15.0 Å². The topological polar surface area (TPSA) is 38.7 Å². The van der Waals surface area contributed by atoms with Crippen molar-refractivity contribution >= 4 is 10.8 Å². The Hall–Kier alpha value is -5.41. The van der Waals surface area contributed by atoms with Crippen LogP contribution in [0.25, 0.3) is 67.2 Å². The van der Waals surface area contributed by atoms with E-state index in [0.717, 1.165) is 16.7 Å². The van der Waals surface area contributed by atoms with E-state index in [1.165, 1.54) is 44.2 Å². The van der Waals surface area contributed by atoms with Gasteiger partial charge in [0.2, 0.25) is 0 Å². The van der Waals surface area contributed by atoms with Gasteiger partial charge >= 0.3 is 0 Å². The lowest BCUT2D eigenvalue weighted by molar-refractivity contribution is 0.666. The Balaban J connectivity index is 1.50. The van der Waals surface area contributed by atoms with Crippen LogP contribution in [-0.2, 0) is 5.41 Å².